The summed E-state index contributed by atoms with van der Waals surface area (Å²) in [6.07, 6.45) is 10.6. The molecular weight excluding hydrogens is 216 g/mol. The van der Waals surface area contributed by atoms with Crippen LogP contribution in [0.1, 0.15) is 88.5 Å². The van der Waals surface area contributed by atoms with Gasteiger partial charge in [-0.25, -0.2) is 0 Å². The maximum atomic E-state index is 4.60. The van der Waals surface area contributed by atoms with Crippen LogP contribution in [0.4, 0.5) is 0 Å². The molecule has 0 saturated carbocycles. The first-order valence-electron chi connectivity index (χ1n) is 7.31. The van der Waals surface area contributed by atoms with Crippen LogP contribution in [0.25, 0.3) is 0 Å². The van der Waals surface area contributed by atoms with Crippen LogP contribution >= 0.6 is 0 Å². The molecule has 0 N–H and O–H groups in total. The van der Waals surface area contributed by atoms with Crippen LogP contribution in [0.2, 0.25) is 0 Å². The normalized spacial score (nSPS) is 8.06. The summed E-state index contributed by atoms with van der Waals surface area (Å²) in [6, 6.07) is 0. The van der Waals surface area contributed by atoms with Gasteiger partial charge in [-0.3, -0.25) is 0 Å². The zero-order valence-corrected chi connectivity index (χ0v) is 14.8. The van der Waals surface area contributed by atoms with Crippen molar-refractivity contribution in [2.75, 3.05) is 0 Å². The van der Waals surface area contributed by atoms with Crippen molar-refractivity contribution < 1.29 is 0 Å². The fourth-order valence-corrected chi connectivity index (χ4v) is 0.625. The summed E-state index contributed by atoms with van der Waals surface area (Å²) in [5.41, 5.74) is 1.93. The molecule has 0 heteroatoms. The van der Waals surface area contributed by atoms with Crippen LogP contribution in [0.15, 0.2) is 11.6 Å². The van der Waals surface area contributed by atoms with Gasteiger partial charge in [0.2, 0.25) is 0 Å². The summed E-state index contributed by atoms with van der Waals surface area (Å²) in [5.74, 6) is 2.25. The summed E-state index contributed by atoms with van der Waals surface area (Å²) in [6.45, 7) is 21.1. The minimum Gasteiger partial charge on any atom is -0.120 e. The fourth-order valence-electron chi connectivity index (χ4n) is 0.625. The lowest BCUT2D eigenvalue weighted by molar-refractivity contribution is 0.356. The first-order valence-corrected chi connectivity index (χ1v) is 7.31. The van der Waals surface area contributed by atoms with E-state index in [9.17, 15) is 0 Å². The van der Waals surface area contributed by atoms with E-state index in [0.717, 1.165) is 0 Å². The highest BCUT2D eigenvalue weighted by molar-refractivity contribution is 4.95. The van der Waals surface area contributed by atoms with E-state index < -0.39 is 0 Å². The van der Waals surface area contributed by atoms with Crippen molar-refractivity contribution in [1.82, 2.24) is 0 Å². The molecule has 0 atom stereocenters. The minimum absolute atomic E-state index is 0.497. The lowest BCUT2D eigenvalue weighted by Crippen LogP contribution is -2.07. The number of allylic oxidation sites excluding steroid dienone is 2. The Bertz CT molecular complexity index is 185. The van der Waals surface area contributed by atoms with Crippen molar-refractivity contribution in [1.29, 1.82) is 0 Å². The van der Waals surface area contributed by atoms with E-state index in [1.54, 1.807) is 6.92 Å². The molecule has 0 aromatic heterocycles. The van der Waals surface area contributed by atoms with E-state index in [4.69, 9.17) is 0 Å². The van der Waals surface area contributed by atoms with Gasteiger partial charge in [-0.15, -0.1) is 12.3 Å². The molecule has 0 nitrogen and oxygen atoms in total. The molecule has 0 aliphatic carbocycles. The summed E-state index contributed by atoms with van der Waals surface area (Å²) in [7, 11) is 0. The summed E-state index contributed by atoms with van der Waals surface area (Å²) >= 11 is 0. The highest BCUT2D eigenvalue weighted by Gasteiger charge is 2.11. The van der Waals surface area contributed by atoms with Gasteiger partial charge in [0.05, 0.1) is 0 Å². The van der Waals surface area contributed by atoms with Crippen molar-refractivity contribution >= 4 is 0 Å². The first-order chi connectivity index (χ1) is 8.31. The standard InChI is InChI=1S/C10H20.C3H8.C3H4.C2H6/c1-6-10(4,5)8-7-9(2)3;2*1-3-2;1-2/h7H,6,8H2,1-5H3;3H2,1-2H3;1H,2H3;1-2H3. The van der Waals surface area contributed by atoms with Crippen molar-refractivity contribution in [3.05, 3.63) is 11.6 Å². The lowest BCUT2D eigenvalue weighted by Gasteiger charge is -2.20. The van der Waals surface area contributed by atoms with Crippen molar-refractivity contribution in [2.45, 2.75) is 88.5 Å². The molecule has 0 saturated heterocycles. The van der Waals surface area contributed by atoms with Crippen LogP contribution in [-0.2, 0) is 0 Å². The highest BCUT2D eigenvalue weighted by atomic mass is 14.2. The van der Waals surface area contributed by atoms with E-state index in [-0.39, 0.29) is 0 Å². The van der Waals surface area contributed by atoms with E-state index in [0.29, 0.717) is 5.41 Å². The molecule has 0 unspecified atom stereocenters. The molecule has 0 rings (SSSR count). The predicted octanol–water partition coefficient (Wildman–Crippen LogP) is 6.86. The second-order valence-electron chi connectivity index (χ2n) is 5.00. The van der Waals surface area contributed by atoms with Gasteiger partial charge in [-0.1, -0.05) is 73.0 Å². The monoisotopic (exact) mass is 254 g/mol. The third-order valence-corrected chi connectivity index (χ3v) is 2.02. The molecule has 0 bridgehead atoms. The van der Waals surface area contributed by atoms with E-state index in [2.05, 4.69) is 66.9 Å². The quantitative estimate of drug-likeness (QED) is 0.381. The summed E-state index contributed by atoms with van der Waals surface area (Å²) in [5, 5.41) is 0. The van der Waals surface area contributed by atoms with Crippen molar-refractivity contribution in [3.8, 4) is 12.3 Å². The highest BCUT2D eigenvalue weighted by Crippen LogP contribution is 2.25. The van der Waals surface area contributed by atoms with Crippen LogP contribution in [-0.4, -0.2) is 0 Å². The van der Waals surface area contributed by atoms with Gasteiger partial charge in [0.25, 0.3) is 0 Å². The number of hydrogen-bond donors (Lipinski definition) is 0. The fraction of sp³-hybridized carbons (Fsp3) is 0.778. The Labute approximate surface area is 118 Å². The Morgan fingerprint density at radius 2 is 1.39 bits per heavy atom. The van der Waals surface area contributed by atoms with Gasteiger partial charge in [0.1, 0.15) is 0 Å². The molecule has 0 spiro atoms. The zero-order valence-electron chi connectivity index (χ0n) is 14.8. The van der Waals surface area contributed by atoms with E-state index in [1.165, 1.54) is 24.8 Å². The molecule has 0 aromatic carbocycles. The molecule has 0 aliphatic rings. The van der Waals surface area contributed by atoms with Gasteiger partial charge >= 0.3 is 0 Å². The third-order valence-electron chi connectivity index (χ3n) is 2.02. The molecule has 0 aliphatic heterocycles. The molecule has 0 aromatic rings. The maximum Gasteiger partial charge on any atom is -0.00297 e. The Morgan fingerprint density at radius 1 is 1.11 bits per heavy atom. The number of rotatable bonds is 3. The molecular formula is C18H38. The first kappa shape index (κ1) is 26.0. The average molecular weight is 255 g/mol. The average Bonchev–Trinajstić information content (AvgIpc) is 2.31. The Balaban J connectivity index is -0.000000102. The smallest absolute Gasteiger partial charge is 0.00297 e. The minimum atomic E-state index is 0.497. The SMILES string of the molecule is C#CC.CC.CCC.CCC(C)(C)CC=C(C)C. The maximum absolute atomic E-state index is 4.60. The van der Waals surface area contributed by atoms with Crippen molar-refractivity contribution in [3.63, 3.8) is 0 Å². The van der Waals surface area contributed by atoms with Gasteiger partial charge < -0.3 is 0 Å². The van der Waals surface area contributed by atoms with Gasteiger partial charge in [-0.2, -0.15) is 0 Å². The summed E-state index contributed by atoms with van der Waals surface area (Å²) < 4.78 is 0. The Hall–Kier alpha value is -0.700. The van der Waals surface area contributed by atoms with Crippen LogP contribution in [0, 0.1) is 17.8 Å². The van der Waals surface area contributed by atoms with Gasteiger partial charge in [0, 0.05) is 0 Å². The lowest BCUT2D eigenvalue weighted by atomic mass is 9.86. The molecule has 0 radical (unpaired) electrons. The van der Waals surface area contributed by atoms with Crippen LogP contribution in [0.5, 0.6) is 0 Å². The second kappa shape index (κ2) is 21.6. The Morgan fingerprint density at radius 3 is 1.56 bits per heavy atom. The van der Waals surface area contributed by atoms with Gasteiger partial charge in [-0.05, 0) is 32.6 Å². The van der Waals surface area contributed by atoms with Crippen LogP contribution < -0.4 is 0 Å². The molecule has 0 fully saturated rings. The van der Waals surface area contributed by atoms with Gasteiger partial charge in [0.15, 0.2) is 0 Å². The van der Waals surface area contributed by atoms with Crippen molar-refractivity contribution in [2.24, 2.45) is 5.41 Å². The summed E-state index contributed by atoms with van der Waals surface area (Å²) in [4.78, 5) is 0. The molecule has 110 valence electrons. The molecule has 0 amide bonds. The largest absolute Gasteiger partial charge is 0.120 e. The zero-order chi connectivity index (χ0) is 15.6. The third kappa shape index (κ3) is 45.4. The van der Waals surface area contributed by atoms with Crippen LogP contribution in [0.3, 0.4) is 0 Å². The second-order valence-corrected chi connectivity index (χ2v) is 5.00. The topological polar surface area (TPSA) is 0 Å². The Kier molecular flexibility index (Phi) is 31.1. The van der Waals surface area contributed by atoms with E-state index in [1.807, 2.05) is 13.8 Å². The number of terminal acetylenes is 1. The number of hydrogen-bond acceptors (Lipinski definition) is 0. The predicted molar refractivity (Wildman–Crippen MR) is 89.9 cm³/mol. The van der Waals surface area contributed by atoms with E-state index >= 15 is 0 Å². The molecule has 0 heterocycles. The molecule has 18 heavy (non-hydrogen) atoms.